The summed E-state index contributed by atoms with van der Waals surface area (Å²) in [6.45, 7) is 5.47. The van der Waals surface area contributed by atoms with Crippen LogP contribution in [0, 0.1) is 25.5 Å². The first kappa shape index (κ1) is 21.1. The fourth-order valence-electron chi connectivity index (χ4n) is 2.95. The van der Waals surface area contributed by atoms with E-state index < -0.39 is 23.1 Å². The monoisotopic (exact) mass is 409 g/mol. The third kappa shape index (κ3) is 4.68. The van der Waals surface area contributed by atoms with E-state index >= 15 is 0 Å². The van der Waals surface area contributed by atoms with Crippen molar-refractivity contribution in [2.75, 3.05) is 5.32 Å². The molecule has 154 valence electrons. The quantitative estimate of drug-likeness (QED) is 0.641. The second-order valence-electron chi connectivity index (χ2n) is 7.03. The highest BCUT2D eigenvalue weighted by molar-refractivity contribution is 6.06. The highest BCUT2D eigenvalue weighted by atomic mass is 19.1. The molecule has 7 heteroatoms. The smallest absolute Gasteiger partial charge is 0.261 e. The summed E-state index contributed by atoms with van der Waals surface area (Å²) >= 11 is 0. The maximum Gasteiger partial charge on any atom is 0.261 e. The number of nitrogens with one attached hydrogen (secondary N) is 2. The van der Waals surface area contributed by atoms with Gasteiger partial charge in [0.1, 0.15) is 17.2 Å². The minimum Gasteiger partial charge on any atom is -0.344 e. The highest BCUT2D eigenvalue weighted by Gasteiger charge is 2.19. The third-order valence-electron chi connectivity index (χ3n) is 4.67. The average molecular weight is 409 g/mol. The van der Waals surface area contributed by atoms with Gasteiger partial charge in [0.25, 0.3) is 11.8 Å². The van der Waals surface area contributed by atoms with Crippen LogP contribution in [0.1, 0.15) is 50.5 Å². The van der Waals surface area contributed by atoms with E-state index in [9.17, 15) is 18.4 Å². The third-order valence-corrected chi connectivity index (χ3v) is 4.67. The number of aryl methyl sites for hydroxylation is 2. The fourth-order valence-corrected chi connectivity index (χ4v) is 2.95. The van der Waals surface area contributed by atoms with E-state index in [1.165, 1.54) is 12.1 Å². The molecule has 0 saturated carbocycles. The molecule has 0 saturated heterocycles. The summed E-state index contributed by atoms with van der Waals surface area (Å²) < 4.78 is 27.7. The van der Waals surface area contributed by atoms with Gasteiger partial charge < -0.3 is 10.6 Å². The Hall–Kier alpha value is -3.61. The second kappa shape index (κ2) is 8.82. The molecule has 5 nitrogen and oxygen atoms in total. The lowest BCUT2D eigenvalue weighted by Crippen LogP contribution is -2.27. The van der Waals surface area contributed by atoms with Gasteiger partial charge in [-0.1, -0.05) is 12.1 Å². The van der Waals surface area contributed by atoms with Gasteiger partial charge in [-0.05, 0) is 68.3 Å². The van der Waals surface area contributed by atoms with Crippen molar-refractivity contribution in [1.82, 2.24) is 10.3 Å². The fraction of sp³-hybridized carbons (Fsp3) is 0.174. The van der Waals surface area contributed by atoms with Crippen LogP contribution in [-0.4, -0.2) is 16.8 Å². The molecule has 1 heterocycles. The van der Waals surface area contributed by atoms with Gasteiger partial charge in [-0.25, -0.2) is 8.78 Å². The Morgan fingerprint density at radius 3 is 2.33 bits per heavy atom. The van der Waals surface area contributed by atoms with Crippen molar-refractivity contribution in [3.05, 3.63) is 94.3 Å². The largest absolute Gasteiger partial charge is 0.344 e. The Morgan fingerprint density at radius 1 is 0.967 bits per heavy atom. The number of halogens is 2. The van der Waals surface area contributed by atoms with Gasteiger partial charge in [0.2, 0.25) is 0 Å². The molecule has 1 atom stereocenters. The van der Waals surface area contributed by atoms with E-state index in [-0.39, 0.29) is 17.6 Å². The normalized spacial score (nSPS) is 11.6. The van der Waals surface area contributed by atoms with Crippen LogP contribution in [-0.2, 0) is 0 Å². The van der Waals surface area contributed by atoms with Crippen molar-refractivity contribution in [1.29, 1.82) is 0 Å². The lowest BCUT2D eigenvalue weighted by molar-refractivity contribution is 0.0937. The number of nitrogens with zero attached hydrogens (tertiary/aromatic N) is 1. The SMILES string of the molecule is Cc1ccnc(C(C)NC(=O)c2ccc(C)c(NC(=O)c3c(F)cccc3F)c2)c1. The predicted octanol–water partition coefficient (Wildman–Crippen LogP) is 4.72. The van der Waals surface area contributed by atoms with Gasteiger partial charge in [0, 0.05) is 17.4 Å². The first-order valence-corrected chi connectivity index (χ1v) is 9.35. The highest BCUT2D eigenvalue weighted by Crippen LogP contribution is 2.21. The number of carbonyl (C=O) groups is 2. The van der Waals surface area contributed by atoms with Gasteiger partial charge >= 0.3 is 0 Å². The number of anilines is 1. The minimum atomic E-state index is -0.960. The molecule has 0 aliphatic heterocycles. The Kier molecular flexibility index (Phi) is 6.20. The molecular weight excluding hydrogens is 388 g/mol. The maximum atomic E-state index is 13.9. The van der Waals surface area contributed by atoms with Crippen molar-refractivity contribution < 1.29 is 18.4 Å². The van der Waals surface area contributed by atoms with Crippen LogP contribution >= 0.6 is 0 Å². The maximum absolute atomic E-state index is 13.9. The zero-order valence-electron chi connectivity index (χ0n) is 16.8. The van der Waals surface area contributed by atoms with E-state index in [1.54, 1.807) is 25.3 Å². The molecule has 3 aromatic rings. The van der Waals surface area contributed by atoms with Crippen molar-refractivity contribution >= 4 is 17.5 Å². The molecule has 2 aromatic carbocycles. The molecule has 1 aromatic heterocycles. The Morgan fingerprint density at radius 2 is 1.67 bits per heavy atom. The van der Waals surface area contributed by atoms with Crippen LogP contribution in [0.25, 0.3) is 0 Å². The van der Waals surface area contributed by atoms with Crippen LogP contribution in [0.15, 0.2) is 54.7 Å². The lowest BCUT2D eigenvalue weighted by Gasteiger charge is -2.15. The van der Waals surface area contributed by atoms with Crippen LogP contribution < -0.4 is 10.6 Å². The van der Waals surface area contributed by atoms with Crippen LogP contribution in [0.5, 0.6) is 0 Å². The molecule has 0 aliphatic rings. The first-order valence-electron chi connectivity index (χ1n) is 9.35. The van der Waals surface area contributed by atoms with E-state index in [4.69, 9.17) is 0 Å². The molecule has 0 spiro atoms. The van der Waals surface area contributed by atoms with Gasteiger partial charge in [0.05, 0.1) is 11.7 Å². The second-order valence-corrected chi connectivity index (χ2v) is 7.03. The number of amides is 2. The van der Waals surface area contributed by atoms with Crippen molar-refractivity contribution in [3.8, 4) is 0 Å². The number of pyridine rings is 1. The van der Waals surface area contributed by atoms with E-state index in [0.29, 0.717) is 11.1 Å². The summed E-state index contributed by atoms with van der Waals surface area (Å²) in [6, 6.07) is 11.4. The Bertz CT molecular complexity index is 1100. The summed E-state index contributed by atoms with van der Waals surface area (Å²) in [5, 5.41) is 5.34. The molecule has 3 rings (SSSR count). The molecule has 0 fully saturated rings. The average Bonchev–Trinajstić information content (AvgIpc) is 2.69. The molecule has 30 heavy (non-hydrogen) atoms. The van der Waals surface area contributed by atoms with Gasteiger partial charge in [0.15, 0.2) is 0 Å². The van der Waals surface area contributed by atoms with E-state index in [1.807, 2.05) is 26.0 Å². The topological polar surface area (TPSA) is 71.1 Å². The first-order chi connectivity index (χ1) is 14.3. The van der Waals surface area contributed by atoms with E-state index in [2.05, 4.69) is 15.6 Å². The van der Waals surface area contributed by atoms with Crippen molar-refractivity contribution in [2.24, 2.45) is 0 Å². The molecule has 2 N–H and O–H groups in total. The Labute approximate surface area is 173 Å². The molecule has 0 aliphatic carbocycles. The standard InChI is InChI=1S/C23H21F2N3O2/c1-13-9-10-26-20(11-13)15(3)27-22(29)16-8-7-14(2)19(12-16)28-23(30)21-17(24)5-4-6-18(21)25/h4-12,15H,1-3H3,(H,27,29)(H,28,30). The van der Waals surface area contributed by atoms with Crippen LogP contribution in [0.3, 0.4) is 0 Å². The van der Waals surface area contributed by atoms with Gasteiger partial charge in [-0.15, -0.1) is 0 Å². The zero-order chi connectivity index (χ0) is 21.8. The van der Waals surface area contributed by atoms with Crippen LogP contribution in [0.2, 0.25) is 0 Å². The van der Waals surface area contributed by atoms with Gasteiger partial charge in [-0.3, -0.25) is 14.6 Å². The number of benzene rings is 2. The molecular formula is C23H21F2N3O2. The number of rotatable bonds is 5. The van der Waals surface area contributed by atoms with Crippen molar-refractivity contribution in [2.45, 2.75) is 26.8 Å². The summed E-state index contributed by atoms with van der Waals surface area (Å²) in [7, 11) is 0. The zero-order valence-corrected chi connectivity index (χ0v) is 16.8. The molecule has 2 amide bonds. The van der Waals surface area contributed by atoms with Gasteiger partial charge in [-0.2, -0.15) is 0 Å². The number of carbonyl (C=O) groups excluding carboxylic acids is 2. The summed E-state index contributed by atoms with van der Waals surface area (Å²) in [5.74, 6) is -3.21. The predicted molar refractivity (Wildman–Crippen MR) is 110 cm³/mol. The number of aromatic nitrogens is 1. The molecule has 1 unspecified atom stereocenters. The number of hydrogen-bond donors (Lipinski definition) is 2. The molecule has 0 radical (unpaired) electrons. The Balaban J connectivity index is 1.79. The summed E-state index contributed by atoms with van der Waals surface area (Å²) in [4.78, 5) is 29.3. The molecule has 0 bridgehead atoms. The van der Waals surface area contributed by atoms with Crippen LogP contribution in [0.4, 0.5) is 14.5 Å². The number of hydrogen-bond acceptors (Lipinski definition) is 3. The summed E-state index contributed by atoms with van der Waals surface area (Å²) in [5.41, 5.74) is 2.30. The lowest BCUT2D eigenvalue weighted by atomic mass is 10.1. The van der Waals surface area contributed by atoms with E-state index in [0.717, 1.165) is 23.4 Å². The summed E-state index contributed by atoms with van der Waals surface area (Å²) in [6.07, 6.45) is 1.68. The minimum absolute atomic E-state index is 0.289. The van der Waals surface area contributed by atoms with Crippen molar-refractivity contribution in [3.63, 3.8) is 0 Å².